The molecule has 20 heavy (non-hydrogen) atoms. The van der Waals surface area contributed by atoms with Gasteiger partial charge in [0.15, 0.2) is 5.13 Å². The Morgan fingerprint density at radius 3 is 3.05 bits per heavy atom. The topological polar surface area (TPSA) is 88.2 Å². The van der Waals surface area contributed by atoms with Gasteiger partial charge in [0, 0.05) is 10.9 Å². The van der Waals surface area contributed by atoms with Gasteiger partial charge in [-0.15, -0.1) is 11.3 Å². The van der Waals surface area contributed by atoms with Gasteiger partial charge in [0.1, 0.15) is 5.75 Å². The molecule has 0 spiro atoms. The average molecular weight is 291 g/mol. The number of carbonyl (C=O) groups excluding carboxylic acids is 1. The van der Waals surface area contributed by atoms with Crippen LogP contribution in [0.1, 0.15) is 19.8 Å². The van der Waals surface area contributed by atoms with Crippen LogP contribution in [0, 0.1) is 0 Å². The summed E-state index contributed by atoms with van der Waals surface area (Å²) in [6.07, 6.45) is 1.51. The van der Waals surface area contributed by atoms with E-state index in [9.17, 15) is 9.90 Å². The summed E-state index contributed by atoms with van der Waals surface area (Å²) in [5.41, 5.74) is 7.26. The fourth-order valence-corrected chi connectivity index (χ4v) is 2.49. The Bertz CT molecular complexity index is 598. The third-order valence-electron chi connectivity index (χ3n) is 2.81. The van der Waals surface area contributed by atoms with Crippen LogP contribution in [0.4, 0.5) is 5.13 Å². The molecular weight excluding hydrogens is 274 g/mol. The summed E-state index contributed by atoms with van der Waals surface area (Å²) in [6.45, 7) is 1.98. The average Bonchev–Trinajstić information content (AvgIpc) is 2.87. The van der Waals surface area contributed by atoms with E-state index >= 15 is 0 Å². The third-order valence-corrected chi connectivity index (χ3v) is 3.57. The summed E-state index contributed by atoms with van der Waals surface area (Å²) in [5.74, 6) is -0.0327. The van der Waals surface area contributed by atoms with Crippen molar-refractivity contribution < 1.29 is 9.90 Å². The Kier molecular flexibility index (Phi) is 4.70. The minimum Gasteiger partial charge on any atom is -0.508 e. The highest BCUT2D eigenvalue weighted by Gasteiger charge is 2.14. The Balaban J connectivity index is 2.08. The molecule has 0 aliphatic heterocycles. The van der Waals surface area contributed by atoms with Gasteiger partial charge in [-0.3, -0.25) is 4.79 Å². The van der Waals surface area contributed by atoms with Crippen molar-refractivity contribution >= 4 is 22.4 Å². The van der Waals surface area contributed by atoms with Gasteiger partial charge in [-0.05, 0) is 18.6 Å². The van der Waals surface area contributed by atoms with Crippen molar-refractivity contribution in [3.63, 3.8) is 0 Å². The predicted octanol–water partition coefficient (Wildman–Crippen LogP) is 2.58. The smallest absolute Gasteiger partial charge is 0.243 e. The maximum atomic E-state index is 11.8. The third kappa shape index (κ3) is 3.55. The van der Waals surface area contributed by atoms with Gasteiger partial charge in [-0.1, -0.05) is 25.5 Å². The van der Waals surface area contributed by atoms with Crippen molar-refractivity contribution in [2.24, 2.45) is 5.73 Å². The molecule has 1 atom stereocenters. The largest absolute Gasteiger partial charge is 0.508 e. The maximum absolute atomic E-state index is 11.8. The zero-order valence-corrected chi connectivity index (χ0v) is 12.0. The van der Waals surface area contributed by atoms with Crippen LogP contribution in [0.3, 0.4) is 0 Å². The second-order valence-electron chi connectivity index (χ2n) is 4.47. The Morgan fingerprint density at radius 2 is 2.35 bits per heavy atom. The molecule has 2 aromatic rings. The molecule has 0 saturated heterocycles. The zero-order chi connectivity index (χ0) is 14.5. The lowest BCUT2D eigenvalue weighted by Gasteiger charge is -2.08. The number of nitrogens with one attached hydrogen (secondary N) is 1. The van der Waals surface area contributed by atoms with E-state index in [4.69, 9.17) is 5.73 Å². The molecule has 0 fully saturated rings. The normalized spacial score (nSPS) is 12.1. The number of phenolic OH excluding ortho intramolecular Hbond substituents is 1. The molecule has 0 aliphatic carbocycles. The molecule has 1 amide bonds. The molecule has 6 heteroatoms. The summed E-state index contributed by atoms with van der Waals surface area (Å²) in [5, 5.41) is 14.5. The highest BCUT2D eigenvalue weighted by Crippen LogP contribution is 2.27. The van der Waals surface area contributed by atoms with Crippen LogP contribution in [0.15, 0.2) is 29.6 Å². The number of nitrogens with zero attached hydrogens (tertiary/aromatic N) is 1. The van der Waals surface area contributed by atoms with Crippen molar-refractivity contribution in [3.8, 4) is 17.0 Å². The lowest BCUT2D eigenvalue weighted by molar-refractivity contribution is -0.117. The molecular formula is C14H17N3O2S. The van der Waals surface area contributed by atoms with E-state index in [0.717, 1.165) is 12.0 Å². The molecule has 0 bridgehead atoms. The molecule has 5 nitrogen and oxygen atoms in total. The first kappa shape index (κ1) is 14.5. The van der Waals surface area contributed by atoms with E-state index in [1.165, 1.54) is 11.3 Å². The summed E-state index contributed by atoms with van der Waals surface area (Å²) >= 11 is 1.33. The van der Waals surface area contributed by atoms with E-state index in [-0.39, 0.29) is 11.7 Å². The number of anilines is 1. The van der Waals surface area contributed by atoms with E-state index in [1.54, 1.807) is 18.2 Å². The zero-order valence-electron chi connectivity index (χ0n) is 11.2. The van der Waals surface area contributed by atoms with E-state index < -0.39 is 6.04 Å². The number of rotatable bonds is 5. The van der Waals surface area contributed by atoms with Crippen molar-refractivity contribution in [2.75, 3.05) is 5.32 Å². The maximum Gasteiger partial charge on any atom is 0.243 e. The highest BCUT2D eigenvalue weighted by molar-refractivity contribution is 7.14. The van der Waals surface area contributed by atoms with Crippen LogP contribution in [0.2, 0.25) is 0 Å². The lowest BCUT2D eigenvalue weighted by Crippen LogP contribution is -2.35. The van der Waals surface area contributed by atoms with Gasteiger partial charge in [-0.25, -0.2) is 4.98 Å². The fraction of sp³-hybridized carbons (Fsp3) is 0.286. The SMILES string of the molecule is CCCC(N)C(=O)Nc1nc(-c2cccc(O)c2)cs1. The molecule has 1 aromatic carbocycles. The summed E-state index contributed by atoms with van der Waals surface area (Å²) < 4.78 is 0. The first-order chi connectivity index (χ1) is 9.60. The van der Waals surface area contributed by atoms with Crippen molar-refractivity contribution in [1.29, 1.82) is 0 Å². The van der Waals surface area contributed by atoms with Crippen LogP contribution in [-0.2, 0) is 4.79 Å². The standard InChI is InChI=1S/C14H17N3O2S/c1-2-4-11(15)13(19)17-14-16-12(8-20-14)9-5-3-6-10(18)7-9/h3,5-8,11,18H,2,4,15H2,1H3,(H,16,17,19). The van der Waals surface area contributed by atoms with Crippen LogP contribution < -0.4 is 11.1 Å². The Morgan fingerprint density at radius 1 is 1.55 bits per heavy atom. The lowest BCUT2D eigenvalue weighted by atomic mass is 10.2. The highest BCUT2D eigenvalue weighted by atomic mass is 32.1. The number of amides is 1. The Hall–Kier alpha value is -1.92. The number of aromatic nitrogens is 1. The molecule has 1 heterocycles. The van der Waals surface area contributed by atoms with Crippen LogP contribution in [-0.4, -0.2) is 22.0 Å². The molecule has 1 unspecified atom stereocenters. The molecule has 1 aromatic heterocycles. The van der Waals surface area contributed by atoms with Gasteiger partial charge in [0.2, 0.25) is 5.91 Å². The number of nitrogens with two attached hydrogens (primary N) is 1. The quantitative estimate of drug-likeness (QED) is 0.790. The van der Waals surface area contributed by atoms with Gasteiger partial charge >= 0.3 is 0 Å². The predicted molar refractivity (Wildman–Crippen MR) is 80.7 cm³/mol. The van der Waals surface area contributed by atoms with Crippen molar-refractivity contribution in [2.45, 2.75) is 25.8 Å². The minimum absolute atomic E-state index is 0.186. The molecule has 4 N–H and O–H groups in total. The van der Waals surface area contributed by atoms with Gasteiger partial charge in [0.05, 0.1) is 11.7 Å². The van der Waals surface area contributed by atoms with Crippen LogP contribution in [0.5, 0.6) is 5.75 Å². The number of phenols is 1. The molecule has 0 aliphatic rings. The first-order valence-corrected chi connectivity index (χ1v) is 7.29. The number of hydrogen-bond donors (Lipinski definition) is 3. The van der Waals surface area contributed by atoms with Crippen molar-refractivity contribution in [3.05, 3.63) is 29.6 Å². The molecule has 0 saturated carbocycles. The minimum atomic E-state index is -0.506. The second-order valence-corrected chi connectivity index (χ2v) is 5.33. The van der Waals surface area contributed by atoms with Gasteiger partial charge in [-0.2, -0.15) is 0 Å². The fourth-order valence-electron chi connectivity index (χ4n) is 1.77. The number of thiazole rings is 1. The summed E-state index contributed by atoms with van der Waals surface area (Å²) in [4.78, 5) is 16.1. The number of benzene rings is 1. The first-order valence-electron chi connectivity index (χ1n) is 6.41. The van der Waals surface area contributed by atoms with E-state index in [1.807, 2.05) is 18.4 Å². The number of hydrogen-bond acceptors (Lipinski definition) is 5. The monoisotopic (exact) mass is 291 g/mol. The van der Waals surface area contributed by atoms with Crippen LogP contribution >= 0.6 is 11.3 Å². The number of aromatic hydroxyl groups is 1. The Labute approximate surface area is 121 Å². The molecule has 2 rings (SSSR count). The van der Waals surface area contributed by atoms with Crippen molar-refractivity contribution in [1.82, 2.24) is 4.98 Å². The van der Waals surface area contributed by atoms with Crippen LogP contribution in [0.25, 0.3) is 11.3 Å². The molecule has 106 valence electrons. The summed E-state index contributed by atoms with van der Waals surface area (Å²) in [6, 6.07) is 6.32. The summed E-state index contributed by atoms with van der Waals surface area (Å²) in [7, 11) is 0. The van der Waals surface area contributed by atoms with Gasteiger partial charge in [0.25, 0.3) is 0 Å². The second kappa shape index (κ2) is 6.49. The van der Waals surface area contributed by atoms with Gasteiger partial charge < -0.3 is 16.2 Å². The number of carbonyl (C=O) groups is 1. The molecule has 0 radical (unpaired) electrons. The van der Waals surface area contributed by atoms with E-state index in [2.05, 4.69) is 10.3 Å². The van der Waals surface area contributed by atoms with E-state index in [0.29, 0.717) is 17.2 Å².